The Kier molecular flexibility index (Phi) is 10.2. The van der Waals surface area contributed by atoms with E-state index in [1.807, 2.05) is 0 Å². The quantitative estimate of drug-likeness (QED) is 0.557. The first-order valence-electron chi connectivity index (χ1n) is 7.25. The van der Waals surface area contributed by atoms with Gasteiger partial charge in [0.15, 0.2) is 0 Å². The van der Waals surface area contributed by atoms with Gasteiger partial charge in [0.1, 0.15) is 0 Å². The van der Waals surface area contributed by atoms with Gasteiger partial charge in [0.2, 0.25) is 11.8 Å². The van der Waals surface area contributed by atoms with Gasteiger partial charge in [-0.2, -0.15) is 0 Å². The number of unbranched alkanes of at least 4 members (excludes halogenated alkanes) is 1. The Hall–Kier alpha value is -1.10. The predicted molar refractivity (Wildman–Crippen MR) is 77.6 cm³/mol. The van der Waals surface area contributed by atoms with Crippen LogP contribution in [-0.4, -0.2) is 30.9 Å². The fourth-order valence-corrected chi connectivity index (χ4v) is 1.67. The molecule has 0 aromatic carbocycles. The topological polar surface area (TPSA) is 84.2 Å². The van der Waals surface area contributed by atoms with Crippen molar-refractivity contribution in [1.82, 2.24) is 10.6 Å². The highest BCUT2D eigenvalue weighted by molar-refractivity contribution is 5.84. The van der Waals surface area contributed by atoms with Crippen LogP contribution in [-0.2, 0) is 9.59 Å². The van der Waals surface area contributed by atoms with Gasteiger partial charge >= 0.3 is 0 Å². The summed E-state index contributed by atoms with van der Waals surface area (Å²) in [7, 11) is 0. The van der Waals surface area contributed by atoms with E-state index in [2.05, 4.69) is 31.4 Å². The lowest BCUT2D eigenvalue weighted by Crippen LogP contribution is -2.45. The third-order valence-electron chi connectivity index (χ3n) is 2.95. The first-order valence-corrected chi connectivity index (χ1v) is 7.25. The highest BCUT2D eigenvalue weighted by Crippen LogP contribution is 2.02. The Morgan fingerprint density at radius 1 is 1.16 bits per heavy atom. The number of rotatable bonds is 10. The minimum atomic E-state index is -0.163. The lowest BCUT2D eigenvalue weighted by Gasteiger charge is -2.16. The fraction of sp³-hybridized carbons (Fsp3) is 0.857. The second kappa shape index (κ2) is 10.8. The minimum Gasteiger partial charge on any atom is -0.351 e. The average Bonchev–Trinajstić information content (AvgIpc) is 2.38. The number of nitrogens with two attached hydrogens (primary N) is 1. The van der Waals surface area contributed by atoms with Crippen molar-refractivity contribution in [2.45, 2.75) is 58.9 Å². The molecule has 0 aliphatic heterocycles. The van der Waals surface area contributed by atoms with Gasteiger partial charge in [-0.15, -0.1) is 0 Å². The Morgan fingerprint density at radius 2 is 1.84 bits per heavy atom. The van der Waals surface area contributed by atoms with E-state index in [4.69, 9.17) is 5.73 Å². The molecule has 1 unspecified atom stereocenters. The van der Waals surface area contributed by atoms with E-state index in [1.54, 1.807) is 0 Å². The zero-order valence-corrected chi connectivity index (χ0v) is 12.5. The maximum Gasteiger partial charge on any atom is 0.239 e. The summed E-state index contributed by atoms with van der Waals surface area (Å²) in [6.45, 7) is 6.72. The summed E-state index contributed by atoms with van der Waals surface area (Å²) in [5.74, 6) is 0.265. The van der Waals surface area contributed by atoms with Crippen molar-refractivity contribution in [1.29, 1.82) is 0 Å². The maximum absolute atomic E-state index is 11.6. The van der Waals surface area contributed by atoms with E-state index in [0.717, 1.165) is 25.7 Å². The highest BCUT2D eigenvalue weighted by Gasteiger charge is 2.11. The number of hydrogen-bond acceptors (Lipinski definition) is 3. The molecule has 19 heavy (non-hydrogen) atoms. The predicted octanol–water partition coefficient (Wildman–Crippen LogP) is 1.17. The van der Waals surface area contributed by atoms with E-state index < -0.39 is 0 Å². The Morgan fingerprint density at radius 3 is 2.37 bits per heavy atom. The molecule has 0 saturated heterocycles. The van der Waals surface area contributed by atoms with Crippen LogP contribution in [0.25, 0.3) is 0 Å². The van der Waals surface area contributed by atoms with Gasteiger partial charge in [-0.1, -0.05) is 33.6 Å². The van der Waals surface area contributed by atoms with Crippen molar-refractivity contribution >= 4 is 11.8 Å². The molecule has 2 amide bonds. The molecule has 112 valence electrons. The second-order valence-corrected chi connectivity index (χ2v) is 5.35. The highest BCUT2D eigenvalue weighted by atomic mass is 16.2. The van der Waals surface area contributed by atoms with E-state index in [9.17, 15) is 9.59 Å². The lowest BCUT2D eigenvalue weighted by atomic mass is 10.1. The molecule has 0 spiro atoms. The molecule has 4 N–H and O–H groups in total. The third kappa shape index (κ3) is 10.5. The molecule has 0 aromatic heterocycles. The van der Waals surface area contributed by atoms with Crippen LogP contribution in [0.5, 0.6) is 0 Å². The van der Waals surface area contributed by atoms with Crippen LogP contribution in [0.1, 0.15) is 52.9 Å². The standard InChI is InChI=1S/C14H29N3O2/c1-4-5-6-12(9-15)17-14(19)10-16-13(18)8-7-11(2)3/h11-12H,4-10,15H2,1-3H3,(H,16,18)(H,17,19). The van der Waals surface area contributed by atoms with Crippen LogP contribution in [0.15, 0.2) is 0 Å². The van der Waals surface area contributed by atoms with E-state index in [1.165, 1.54) is 0 Å². The molecule has 0 aromatic rings. The summed E-state index contributed by atoms with van der Waals surface area (Å²) >= 11 is 0. The molecule has 0 heterocycles. The molecule has 0 bridgehead atoms. The number of hydrogen-bond donors (Lipinski definition) is 3. The smallest absolute Gasteiger partial charge is 0.239 e. The van der Waals surface area contributed by atoms with Crippen molar-refractivity contribution in [2.75, 3.05) is 13.1 Å². The summed E-state index contributed by atoms with van der Waals surface area (Å²) in [6, 6.07) is 0.0139. The molecule has 0 rings (SSSR count). The zero-order chi connectivity index (χ0) is 14.7. The molecule has 0 aliphatic carbocycles. The Bertz CT molecular complexity index is 267. The van der Waals surface area contributed by atoms with E-state index in [-0.39, 0.29) is 24.4 Å². The molecular weight excluding hydrogens is 242 g/mol. The third-order valence-corrected chi connectivity index (χ3v) is 2.95. The molecule has 5 nitrogen and oxygen atoms in total. The monoisotopic (exact) mass is 271 g/mol. The summed E-state index contributed by atoms with van der Waals surface area (Å²) in [6.07, 6.45) is 4.33. The summed E-state index contributed by atoms with van der Waals surface area (Å²) in [4.78, 5) is 23.1. The summed E-state index contributed by atoms with van der Waals surface area (Å²) in [5.41, 5.74) is 5.60. The normalized spacial score (nSPS) is 12.3. The van der Waals surface area contributed by atoms with Crippen LogP contribution < -0.4 is 16.4 Å². The first-order chi connectivity index (χ1) is 8.99. The number of amides is 2. The molecule has 0 saturated carbocycles. The SMILES string of the molecule is CCCCC(CN)NC(=O)CNC(=O)CCC(C)C. The lowest BCUT2D eigenvalue weighted by molar-refractivity contribution is -0.126. The Labute approximate surface area is 116 Å². The molecule has 5 heteroatoms. The average molecular weight is 271 g/mol. The van der Waals surface area contributed by atoms with Crippen LogP contribution >= 0.6 is 0 Å². The second-order valence-electron chi connectivity index (χ2n) is 5.35. The van der Waals surface area contributed by atoms with Gasteiger partial charge in [-0.3, -0.25) is 9.59 Å². The number of nitrogens with one attached hydrogen (secondary N) is 2. The van der Waals surface area contributed by atoms with Crippen LogP contribution in [0.4, 0.5) is 0 Å². The van der Waals surface area contributed by atoms with E-state index in [0.29, 0.717) is 18.9 Å². The first kappa shape index (κ1) is 17.9. The maximum atomic E-state index is 11.6. The van der Waals surface area contributed by atoms with Gasteiger partial charge in [-0.25, -0.2) is 0 Å². The van der Waals surface area contributed by atoms with Crippen molar-refractivity contribution in [3.63, 3.8) is 0 Å². The van der Waals surface area contributed by atoms with Gasteiger partial charge in [-0.05, 0) is 18.8 Å². The van der Waals surface area contributed by atoms with Crippen LogP contribution in [0.3, 0.4) is 0 Å². The number of carbonyl (C=O) groups excluding carboxylic acids is 2. The summed E-state index contributed by atoms with van der Waals surface area (Å²) in [5, 5.41) is 5.47. The molecule has 0 radical (unpaired) electrons. The van der Waals surface area contributed by atoms with E-state index >= 15 is 0 Å². The molecular formula is C14H29N3O2. The van der Waals surface area contributed by atoms with Crippen LogP contribution in [0, 0.1) is 5.92 Å². The number of carbonyl (C=O) groups is 2. The fourth-order valence-electron chi connectivity index (χ4n) is 1.67. The molecule has 0 aliphatic rings. The zero-order valence-electron chi connectivity index (χ0n) is 12.5. The van der Waals surface area contributed by atoms with Gasteiger partial charge in [0, 0.05) is 19.0 Å². The van der Waals surface area contributed by atoms with Crippen molar-refractivity contribution < 1.29 is 9.59 Å². The van der Waals surface area contributed by atoms with Gasteiger partial charge in [0.05, 0.1) is 6.54 Å². The largest absolute Gasteiger partial charge is 0.351 e. The van der Waals surface area contributed by atoms with Gasteiger partial charge in [0.25, 0.3) is 0 Å². The molecule has 1 atom stereocenters. The summed E-state index contributed by atoms with van der Waals surface area (Å²) < 4.78 is 0. The van der Waals surface area contributed by atoms with Crippen LogP contribution in [0.2, 0.25) is 0 Å². The minimum absolute atomic E-state index is 0.0139. The van der Waals surface area contributed by atoms with Gasteiger partial charge < -0.3 is 16.4 Å². The van der Waals surface area contributed by atoms with Crippen molar-refractivity contribution in [2.24, 2.45) is 11.7 Å². The Balaban J connectivity index is 3.80. The van der Waals surface area contributed by atoms with Crippen molar-refractivity contribution in [3.05, 3.63) is 0 Å². The molecule has 0 fully saturated rings. The van der Waals surface area contributed by atoms with Crippen molar-refractivity contribution in [3.8, 4) is 0 Å².